The van der Waals surface area contributed by atoms with Crippen LogP contribution in [0.3, 0.4) is 0 Å². The zero-order chi connectivity index (χ0) is 14.3. The molecule has 0 bridgehead atoms. The zero-order valence-corrected chi connectivity index (χ0v) is 13.0. The SMILES string of the molecule is c1ccc(CSc2cncc(N3CCCNCC3)c2)cc1. The highest BCUT2D eigenvalue weighted by atomic mass is 32.2. The first kappa shape index (κ1) is 14.4. The van der Waals surface area contributed by atoms with Crippen LogP contribution in [0, 0.1) is 0 Å². The second-order valence-corrected chi connectivity index (χ2v) is 6.29. The van der Waals surface area contributed by atoms with Gasteiger partial charge < -0.3 is 10.2 Å². The summed E-state index contributed by atoms with van der Waals surface area (Å²) < 4.78 is 0. The molecule has 2 aromatic rings. The van der Waals surface area contributed by atoms with Gasteiger partial charge in [0.15, 0.2) is 0 Å². The predicted octanol–water partition coefficient (Wildman–Crippen LogP) is 3.17. The van der Waals surface area contributed by atoms with Crippen molar-refractivity contribution in [1.82, 2.24) is 10.3 Å². The molecule has 110 valence electrons. The number of anilines is 1. The lowest BCUT2D eigenvalue weighted by Gasteiger charge is -2.22. The molecule has 1 N–H and O–H groups in total. The number of nitrogens with zero attached hydrogens (tertiary/aromatic N) is 2. The minimum Gasteiger partial charge on any atom is -0.369 e. The second kappa shape index (κ2) is 7.48. The molecular formula is C17H21N3S. The monoisotopic (exact) mass is 299 g/mol. The summed E-state index contributed by atoms with van der Waals surface area (Å²) in [6.07, 6.45) is 5.15. The van der Waals surface area contributed by atoms with E-state index in [2.05, 4.69) is 51.6 Å². The van der Waals surface area contributed by atoms with Crippen molar-refractivity contribution in [2.24, 2.45) is 0 Å². The molecular weight excluding hydrogens is 278 g/mol. The quantitative estimate of drug-likeness (QED) is 0.878. The highest BCUT2D eigenvalue weighted by molar-refractivity contribution is 7.98. The van der Waals surface area contributed by atoms with E-state index in [4.69, 9.17) is 0 Å². The molecule has 0 unspecified atom stereocenters. The van der Waals surface area contributed by atoms with Gasteiger partial charge in [0.2, 0.25) is 0 Å². The summed E-state index contributed by atoms with van der Waals surface area (Å²) in [4.78, 5) is 8.09. The Labute approximate surface area is 130 Å². The first-order chi connectivity index (χ1) is 10.4. The van der Waals surface area contributed by atoms with Gasteiger partial charge in [0, 0.05) is 36.5 Å². The van der Waals surface area contributed by atoms with Gasteiger partial charge in [0.05, 0.1) is 11.9 Å². The number of hydrogen-bond donors (Lipinski definition) is 1. The van der Waals surface area contributed by atoms with Gasteiger partial charge in [0.1, 0.15) is 0 Å². The number of pyridine rings is 1. The Morgan fingerprint density at radius 2 is 2.00 bits per heavy atom. The summed E-state index contributed by atoms with van der Waals surface area (Å²) in [7, 11) is 0. The Kier molecular flexibility index (Phi) is 5.13. The molecule has 0 amide bonds. The average Bonchev–Trinajstić information content (AvgIpc) is 2.83. The van der Waals surface area contributed by atoms with Crippen LogP contribution in [0.5, 0.6) is 0 Å². The van der Waals surface area contributed by atoms with Gasteiger partial charge in [-0.15, -0.1) is 11.8 Å². The van der Waals surface area contributed by atoms with Crippen molar-refractivity contribution in [1.29, 1.82) is 0 Å². The predicted molar refractivity (Wildman–Crippen MR) is 89.9 cm³/mol. The van der Waals surface area contributed by atoms with E-state index >= 15 is 0 Å². The third-order valence-corrected chi connectivity index (χ3v) is 4.69. The van der Waals surface area contributed by atoms with Crippen LogP contribution in [0.15, 0.2) is 53.7 Å². The molecule has 1 fully saturated rings. The van der Waals surface area contributed by atoms with E-state index in [1.807, 2.05) is 24.2 Å². The van der Waals surface area contributed by atoms with Gasteiger partial charge in [-0.05, 0) is 24.6 Å². The van der Waals surface area contributed by atoms with Crippen molar-refractivity contribution in [3.63, 3.8) is 0 Å². The van der Waals surface area contributed by atoms with Gasteiger partial charge in [0.25, 0.3) is 0 Å². The Balaban J connectivity index is 1.65. The normalized spacial score (nSPS) is 15.7. The fraction of sp³-hybridized carbons (Fsp3) is 0.353. The highest BCUT2D eigenvalue weighted by Crippen LogP contribution is 2.26. The maximum absolute atomic E-state index is 4.42. The van der Waals surface area contributed by atoms with E-state index in [0.717, 1.165) is 31.9 Å². The molecule has 0 saturated carbocycles. The molecule has 0 radical (unpaired) electrons. The van der Waals surface area contributed by atoms with Crippen LogP contribution in [0.25, 0.3) is 0 Å². The van der Waals surface area contributed by atoms with E-state index < -0.39 is 0 Å². The molecule has 3 rings (SSSR count). The minimum absolute atomic E-state index is 0.994. The smallest absolute Gasteiger partial charge is 0.0564 e. The van der Waals surface area contributed by atoms with E-state index in [1.165, 1.54) is 22.6 Å². The second-order valence-electron chi connectivity index (χ2n) is 5.24. The van der Waals surface area contributed by atoms with Gasteiger partial charge in [-0.25, -0.2) is 0 Å². The lowest BCUT2D eigenvalue weighted by molar-refractivity contribution is 0.724. The third-order valence-electron chi connectivity index (χ3n) is 3.65. The first-order valence-corrected chi connectivity index (χ1v) is 8.48. The largest absolute Gasteiger partial charge is 0.369 e. The van der Waals surface area contributed by atoms with Crippen molar-refractivity contribution in [3.05, 3.63) is 54.4 Å². The van der Waals surface area contributed by atoms with Gasteiger partial charge in [-0.1, -0.05) is 30.3 Å². The molecule has 0 aliphatic carbocycles. The molecule has 1 aromatic carbocycles. The lowest BCUT2D eigenvalue weighted by atomic mass is 10.2. The lowest BCUT2D eigenvalue weighted by Crippen LogP contribution is -2.27. The molecule has 1 saturated heterocycles. The minimum atomic E-state index is 0.994. The van der Waals surface area contributed by atoms with Crippen LogP contribution in [0.1, 0.15) is 12.0 Å². The Hall–Kier alpha value is -1.52. The molecule has 21 heavy (non-hydrogen) atoms. The van der Waals surface area contributed by atoms with Gasteiger partial charge in [-0.2, -0.15) is 0 Å². The topological polar surface area (TPSA) is 28.2 Å². The van der Waals surface area contributed by atoms with E-state index in [0.29, 0.717) is 0 Å². The summed E-state index contributed by atoms with van der Waals surface area (Å²) >= 11 is 1.85. The van der Waals surface area contributed by atoms with Crippen LogP contribution >= 0.6 is 11.8 Å². The summed E-state index contributed by atoms with van der Waals surface area (Å²) in [6.45, 7) is 4.35. The van der Waals surface area contributed by atoms with Crippen LogP contribution in [-0.4, -0.2) is 31.2 Å². The molecule has 3 nitrogen and oxygen atoms in total. The van der Waals surface area contributed by atoms with Gasteiger partial charge in [-0.3, -0.25) is 4.98 Å². The molecule has 1 aromatic heterocycles. The highest BCUT2D eigenvalue weighted by Gasteiger charge is 2.10. The third kappa shape index (κ3) is 4.22. The maximum atomic E-state index is 4.42. The molecule has 1 aliphatic heterocycles. The molecule has 1 aliphatic rings. The summed E-state index contributed by atoms with van der Waals surface area (Å²) in [5, 5.41) is 3.44. The molecule has 4 heteroatoms. The average molecular weight is 299 g/mol. The summed E-state index contributed by atoms with van der Waals surface area (Å²) in [6, 6.07) is 12.9. The summed E-state index contributed by atoms with van der Waals surface area (Å²) in [5.74, 6) is 0.994. The number of thioether (sulfide) groups is 1. The maximum Gasteiger partial charge on any atom is 0.0564 e. The molecule has 2 heterocycles. The van der Waals surface area contributed by atoms with Crippen LogP contribution in [-0.2, 0) is 5.75 Å². The van der Waals surface area contributed by atoms with Crippen molar-refractivity contribution >= 4 is 17.4 Å². The van der Waals surface area contributed by atoms with Crippen molar-refractivity contribution in [2.75, 3.05) is 31.1 Å². The Morgan fingerprint density at radius 1 is 1.10 bits per heavy atom. The van der Waals surface area contributed by atoms with E-state index in [9.17, 15) is 0 Å². The summed E-state index contributed by atoms with van der Waals surface area (Å²) in [5.41, 5.74) is 2.60. The first-order valence-electron chi connectivity index (χ1n) is 7.49. The van der Waals surface area contributed by atoms with Gasteiger partial charge >= 0.3 is 0 Å². The number of rotatable bonds is 4. The van der Waals surface area contributed by atoms with Crippen molar-refractivity contribution in [3.8, 4) is 0 Å². The fourth-order valence-corrected chi connectivity index (χ4v) is 3.37. The number of hydrogen-bond acceptors (Lipinski definition) is 4. The van der Waals surface area contributed by atoms with Crippen molar-refractivity contribution in [2.45, 2.75) is 17.1 Å². The number of nitrogens with one attached hydrogen (secondary N) is 1. The number of benzene rings is 1. The Morgan fingerprint density at radius 3 is 2.90 bits per heavy atom. The standard InChI is InChI=1S/C17H21N3S/c1-2-5-15(6-3-1)14-21-17-11-16(12-19-13-17)20-9-4-7-18-8-10-20/h1-3,5-6,11-13,18H,4,7-10,14H2. The molecule has 0 spiro atoms. The molecule has 0 atom stereocenters. The van der Waals surface area contributed by atoms with Crippen LogP contribution in [0.4, 0.5) is 5.69 Å². The Bertz CT molecular complexity index is 551. The van der Waals surface area contributed by atoms with Crippen LogP contribution < -0.4 is 10.2 Å². The van der Waals surface area contributed by atoms with E-state index in [1.54, 1.807) is 0 Å². The number of aromatic nitrogens is 1. The van der Waals surface area contributed by atoms with E-state index in [-0.39, 0.29) is 0 Å². The zero-order valence-electron chi connectivity index (χ0n) is 12.2. The fourth-order valence-electron chi connectivity index (χ4n) is 2.50. The van der Waals surface area contributed by atoms with Crippen LogP contribution in [0.2, 0.25) is 0 Å². The van der Waals surface area contributed by atoms with Crippen molar-refractivity contribution < 1.29 is 0 Å².